The van der Waals surface area contributed by atoms with Crippen LogP contribution in [0.5, 0.6) is 5.75 Å². The smallest absolute Gasteiger partial charge is 0.335 e. The molecule has 5 heteroatoms. The highest BCUT2D eigenvalue weighted by molar-refractivity contribution is 5.95. The zero-order chi connectivity index (χ0) is 14.4. The van der Waals surface area contributed by atoms with Crippen molar-refractivity contribution >= 4 is 17.6 Å². The maximum atomic E-state index is 11.9. The fraction of sp³-hybridized carbons (Fsp3) is 0.429. The number of rotatable bonds is 6. The predicted octanol–water partition coefficient (Wildman–Crippen LogP) is 2.77. The van der Waals surface area contributed by atoms with Gasteiger partial charge in [0.15, 0.2) is 0 Å². The van der Waals surface area contributed by atoms with Gasteiger partial charge in [0.05, 0.1) is 18.4 Å². The van der Waals surface area contributed by atoms with E-state index in [0.717, 1.165) is 12.8 Å². The summed E-state index contributed by atoms with van der Waals surface area (Å²) in [6.45, 7) is 3.88. The fourth-order valence-corrected chi connectivity index (χ4v) is 1.75. The Kier molecular flexibility index (Phi) is 5.36. The van der Waals surface area contributed by atoms with Crippen LogP contribution in [0.4, 0.5) is 5.69 Å². The van der Waals surface area contributed by atoms with Crippen LogP contribution in [-0.4, -0.2) is 24.1 Å². The first-order valence-electron chi connectivity index (χ1n) is 6.21. The van der Waals surface area contributed by atoms with Crippen molar-refractivity contribution in [2.75, 3.05) is 12.4 Å². The van der Waals surface area contributed by atoms with E-state index in [1.807, 2.05) is 13.8 Å². The average molecular weight is 265 g/mol. The van der Waals surface area contributed by atoms with Crippen LogP contribution >= 0.6 is 0 Å². The maximum absolute atomic E-state index is 11.9. The molecule has 1 aromatic carbocycles. The van der Waals surface area contributed by atoms with Crippen LogP contribution in [0.15, 0.2) is 18.2 Å². The van der Waals surface area contributed by atoms with Crippen molar-refractivity contribution in [3.8, 4) is 5.75 Å². The quantitative estimate of drug-likeness (QED) is 0.829. The minimum atomic E-state index is -1.03. The Labute approximate surface area is 112 Å². The van der Waals surface area contributed by atoms with Crippen molar-refractivity contribution in [1.82, 2.24) is 0 Å². The van der Waals surface area contributed by atoms with Gasteiger partial charge in [0, 0.05) is 5.92 Å². The molecule has 1 aromatic rings. The standard InChI is InChI=1S/C14H19NO4/c1-4-5-9(2)13(16)15-11-7-6-10(14(17)18)8-12(11)19-3/h6-9H,4-5H2,1-3H3,(H,15,16)(H,17,18). The highest BCUT2D eigenvalue weighted by atomic mass is 16.5. The molecule has 0 heterocycles. The summed E-state index contributed by atoms with van der Waals surface area (Å²) in [5.74, 6) is -0.871. The molecule has 5 nitrogen and oxygen atoms in total. The number of hydrogen-bond acceptors (Lipinski definition) is 3. The number of anilines is 1. The molecule has 1 atom stereocenters. The van der Waals surface area contributed by atoms with Crippen molar-refractivity contribution in [1.29, 1.82) is 0 Å². The van der Waals surface area contributed by atoms with Gasteiger partial charge in [-0.05, 0) is 24.6 Å². The van der Waals surface area contributed by atoms with Gasteiger partial charge in [-0.25, -0.2) is 4.79 Å². The number of ether oxygens (including phenoxy) is 1. The van der Waals surface area contributed by atoms with E-state index in [4.69, 9.17) is 9.84 Å². The van der Waals surface area contributed by atoms with Gasteiger partial charge in [-0.3, -0.25) is 4.79 Å². The third kappa shape index (κ3) is 3.98. The van der Waals surface area contributed by atoms with Crippen molar-refractivity contribution < 1.29 is 19.4 Å². The number of carboxylic acid groups (broad SMARTS) is 1. The summed E-state index contributed by atoms with van der Waals surface area (Å²) in [5.41, 5.74) is 0.608. The molecular formula is C14H19NO4. The summed E-state index contributed by atoms with van der Waals surface area (Å²) in [6.07, 6.45) is 1.74. The first kappa shape index (κ1) is 15.0. The van der Waals surface area contributed by atoms with Crippen molar-refractivity contribution in [2.24, 2.45) is 5.92 Å². The minimum Gasteiger partial charge on any atom is -0.495 e. The van der Waals surface area contributed by atoms with Gasteiger partial charge in [-0.1, -0.05) is 20.3 Å². The predicted molar refractivity (Wildman–Crippen MR) is 72.7 cm³/mol. The Morgan fingerprint density at radius 1 is 1.42 bits per heavy atom. The number of carboxylic acids is 1. The first-order chi connectivity index (χ1) is 8.99. The molecule has 0 saturated heterocycles. The number of benzene rings is 1. The van der Waals surface area contributed by atoms with E-state index in [1.165, 1.54) is 19.2 Å². The number of carbonyl (C=O) groups is 2. The molecular weight excluding hydrogens is 246 g/mol. The van der Waals surface area contributed by atoms with Gasteiger partial charge >= 0.3 is 5.97 Å². The molecule has 0 fully saturated rings. The molecule has 0 aliphatic heterocycles. The number of nitrogens with one attached hydrogen (secondary N) is 1. The van der Waals surface area contributed by atoms with E-state index in [1.54, 1.807) is 6.07 Å². The Bertz CT molecular complexity index is 471. The Morgan fingerprint density at radius 3 is 2.63 bits per heavy atom. The summed E-state index contributed by atoms with van der Waals surface area (Å²) in [5, 5.41) is 11.6. The molecule has 0 bridgehead atoms. The lowest BCUT2D eigenvalue weighted by molar-refractivity contribution is -0.119. The van der Waals surface area contributed by atoms with Crippen LogP contribution in [0.1, 0.15) is 37.0 Å². The molecule has 104 valence electrons. The normalized spacial score (nSPS) is 11.7. The number of amides is 1. The topological polar surface area (TPSA) is 75.6 Å². The number of methoxy groups -OCH3 is 1. The highest BCUT2D eigenvalue weighted by Crippen LogP contribution is 2.26. The zero-order valence-corrected chi connectivity index (χ0v) is 11.4. The van der Waals surface area contributed by atoms with Crippen LogP contribution in [0, 0.1) is 5.92 Å². The number of aromatic carboxylic acids is 1. The molecule has 0 radical (unpaired) electrons. The molecule has 0 aliphatic carbocycles. The second-order valence-corrected chi connectivity index (χ2v) is 4.40. The van der Waals surface area contributed by atoms with Crippen LogP contribution in [0.2, 0.25) is 0 Å². The van der Waals surface area contributed by atoms with Crippen molar-refractivity contribution in [3.63, 3.8) is 0 Å². The molecule has 0 saturated carbocycles. The SMILES string of the molecule is CCCC(C)C(=O)Nc1ccc(C(=O)O)cc1OC. The maximum Gasteiger partial charge on any atom is 0.335 e. The second-order valence-electron chi connectivity index (χ2n) is 4.40. The van der Waals surface area contributed by atoms with Crippen molar-refractivity contribution in [2.45, 2.75) is 26.7 Å². The van der Waals surface area contributed by atoms with Gasteiger partial charge in [-0.2, -0.15) is 0 Å². The lowest BCUT2D eigenvalue weighted by Crippen LogP contribution is -2.20. The average Bonchev–Trinajstić information content (AvgIpc) is 2.39. The molecule has 0 aliphatic rings. The summed E-state index contributed by atoms with van der Waals surface area (Å²) in [4.78, 5) is 22.8. The Hall–Kier alpha value is -2.04. The second kappa shape index (κ2) is 6.78. The van der Waals surface area contributed by atoms with Crippen LogP contribution in [0.3, 0.4) is 0 Å². The third-order valence-corrected chi connectivity index (χ3v) is 2.88. The summed E-state index contributed by atoms with van der Waals surface area (Å²) in [7, 11) is 1.44. The Morgan fingerprint density at radius 2 is 2.11 bits per heavy atom. The van der Waals surface area contributed by atoms with Crippen molar-refractivity contribution in [3.05, 3.63) is 23.8 Å². The zero-order valence-electron chi connectivity index (χ0n) is 11.4. The van der Waals surface area contributed by atoms with E-state index in [0.29, 0.717) is 11.4 Å². The van der Waals surface area contributed by atoms with Gasteiger partial charge in [0.2, 0.25) is 5.91 Å². The highest BCUT2D eigenvalue weighted by Gasteiger charge is 2.15. The van der Waals surface area contributed by atoms with Crippen LogP contribution in [-0.2, 0) is 4.79 Å². The fourth-order valence-electron chi connectivity index (χ4n) is 1.75. The van der Waals surface area contributed by atoms with E-state index >= 15 is 0 Å². The number of hydrogen-bond donors (Lipinski definition) is 2. The monoisotopic (exact) mass is 265 g/mol. The summed E-state index contributed by atoms with van der Waals surface area (Å²) < 4.78 is 5.10. The number of carbonyl (C=O) groups excluding carboxylic acids is 1. The lowest BCUT2D eigenvalue weighted by atomic mass is 10.1. The molecule has 1 unspecified atom stereocenters. The Balaban J connectivity index is 2.89. The first-order valence-corrected chi connectivity index (χ1v) is 6.21. The van der Waals surface area contributed by atoms with Gasteiger partial charge in [0.25, 0.3) is 0 Å². The van der Waals surface area contributed by atoms with E-state index in [-0.39, 0.29) is 17.4 Å². The lowest BCUT2D eigenvalue weighted by Gasteiger charge is -2.14. The molecule has 19 heavy (non-hydrogen) atoms. The van der Waals surface area contributed by atoms with Gasteiger partial charge in [-0.15, -0.1) is 0 Å². The van der Waals surface area contributed by atoms with Crippen LogP contribution in [0.25, 0.3) is 0 Å². The summed E-state index contributed by atoms with van der Waals surface area (Å²) >= 11 is 0. The van der Waals surface area contributed by atoms with Gasteiger partial charge in [0.1, 0.15) is 5.75 Å². The van der Waals surface area contributed by atoms with Crippen LogP contribution < -0.4 is 10.1 Å². The molecule has 0 aromatic heterocycles. The minimum absolute atomic E-state index is 0.0890. The molecule has 1 amide bonds. The van der Waals surface area contributed by atoms with E-state index in [9.17, 15) is 9.59 Å². The summed E-state index contributed by atoms with van der Waals surface area (Å²) in [6, 6.07) is 4.37. The molecule has 1 rings (SSSR count). The van der Waals surface area contributed by atoms with E-state index in [2.05, 4.69) is 5.32 Å². The van der Waals surface area contributed by atoms with E-state index < -0.39 is 5.97 Å². The largest absolute Gasteiger partial charge is 0.495 e. The third-order valence-electron chi connectivity index (χ3n) is 2.88. The molecule has 2 N–H and O–H groups in total. The van der Waals surface area contributed by atoms with Gasteiger partial charge < -0.3 is 15.2 Å². The molecule has 0 spiro atoms.